The molecule has 0 saturated heterocycles. The van der Waals surface area contributed by atoms with Crippen LogP contribution in [0.1, 0.15) is 26.1 Å². The van der Waals surface area contributed by atoms with Crippen molar-refractivity contribution in [2.75, 3.05) is 17.9 Å². The summed E-state index contributed by atoms with van der Waals surface area (Å²) in [5, 5.41) is 3.42. The number of aryl methyl sites for hydroxylation is 1. The number of nitrogens with zero attached hydrogens (tertiary/aromatic N) is 2. The van der Waals surface area contributed by atoms with Crippen LogP contribution in [0.25, 0.3) is 0 Å². The fourth-order valence-corrected chi connectivity index (χ4v) is 2.42. The Labute approximate surface area is 107 Å². The number of methoxy groups -OCH3 is 1. The maximum atomic E-state index is 5.43. The van der Waals surface area contributed by atoms with E-state index in [1.165, 1.54) is 0 Å². The van der Waals surface area contributed by atoms with Gasteiger partial charge in [-0.1, -0.05) is 13.8 Å². The number of hydrogen-bond acceptors (Lipinski definition) is 6. The first-order valence-electron chi connectivity index (χ1n) is 6.09. The lowest BCUT2D eigenvalue weighted by molar-refractivity contribution is -0.0795. The van der Waals surface area contributed by atoms with Crippen LogP contribution in [0.15, 0.2) is 6.07 Å². The van der Waals surface area contributed by atoms with Gasteiger partial charge in [-0.25, -0.2) is 15.8 Å². The van der Waals surface area contributed by atoms with Gasteiger partial charge in [0.2, 0.25) is 0 Å². The molecule has 0 spiro atoms. The number of rotatable bonds is 4. The van der Waals surface area contributed by atoms with Gasteiger partial charge in [0, 0.05) is 24.6 Å². The smallest absolute Gasteiger partial charge is 0.145 e. The highest BCUT2D eigenvalue weighted by atomic mass is 16.5. The van der Waals surface area contributed by atoms with Crippen molar-refractivity contribution in [1.82, 2.24) is 9.97 Å². The largest absolute Gasteiger partial charge is 0.381 e. The predicted molar refractivity (Wildman–Crippen MR) is 71.2 cm³/mol. The van der Waals surface area contributed by atoms with E-state index < -0.39 is 0 Å². The molecule has 1 aliphatic rings. The van der Waals surface area contributed by atoms with E-state index in [0.717, 1.165) is 12.2 Å². The minimum Gasteiger partial charge on any atom is -0.381 e. The van der Waals surface area contributed by atoms with Crippen molar-refractivity contribution < 1.29 is 4.74 Å². The van der Waals surface area contributed by atoms with Gasteiger partial charge in [0.15, 0.2) is 0 Å². The van der Waals surface area contributed by atoms with Crippen LogP contribution in [0.2, 0.25) is 0 Å². The van der Waals surface area contributed by atoms with Gasteiger partial charge in [-0.05, 0) is 13.3 Å². The third-order valence-corrected chi connectivity index (χ3v) is 3.77. The molecule has 1 saturated carbocycles. The molecule has 0 amide bonds. The molecule has 6 nitrogen and oxygen atoms in total. The summed E-state index contributed by atoms with van der Waals surface area (Å²) in [4.78, 5) is 8.52. The van der Waals surface area contributed by atoms with E-state index in [0.29, 0.717) is 23.8 Å². The van der Waals surface area contributed by atoms with Crippen LogP contribution in [0.3, 0.4) is 0 Å². The summed E-state index contributed by atoms with van der Waals surface area (Å²) in [6, 6.07) is 2.16. The highest BCUT2D eigenvalue weighted by molar-refractivity contribution is 5.48. The first kappa shape index (κ1) is 13.0. The molecule has 1 fully saturated rings. The summed E-state index contributed by atoms with van der Waals surface area (Å²) in [5.74, 6) is 7.47. The normalized spacial score (nSPS) is 25.4. The second-order valence-electron chi connectivity index (χ2n) is 5.31. The van der Waals surface area contributed by atoms with Crippen LogP contribution in [0.4, 0.5) is 11.6 Å². The highest BCUT2D eigenvalue weighted by Gasteiger charge is 2.48. The van der Waals surface area contributed by atoms with E-state index in [2.05, 4.69) is 34.6 Å². The highest BCUT2D eigenvalue weighted by Crippen LogP contribution is 2.43. The van der Waals surface area contributed by atoms with E-state index in [1.807, 2.05) is 13.0 Å². The van der Waals surface area contributed by atoms with Gasteiger partial charge in [0.25, 0.3) is 0 Å². The molecule has 0 bridgehead atoms. The zero-order valence-corrected chi connectivity index (χ0v) is 11.3. The molecule has 1 aliphatic carbocycles. The summed E-state index contributed by atoms with van der Waals surface area (Å²) in [6.07, 6.45) is 1.28. The Morgan fingerprint density at radius 3 is 2.61 bits per heavy atom. The van der Waals surface area contributed by atoms with Gasteiger partial charge in [-0.15, -0.1) is 0 Å². The molecule has 1 aromatic rings. The molecule has 1 aromatic heterocycles. The summed E-state index contributed by atoms with van der Waals surface area (Å²) in [5.41, 5.74) is 2.64. The minimum atomic E-state index is 0.101. The molecule has 100 valence electrons. The lowest BCUT2D eigenvalue weighted by Crippen LogP contribution is -2.57. The fourth-order valence-electron chi connectivity index (χ4n) is 2.42. The molecule has 0 aromatic carbocycles. The van der Waals surface area contributed by atoms with Gasteiger partial charge in [-0.3, -0.25) is 0 Å². The van der Waals surface area contributed by atoms with E-state index in [9.17, 15) is 0 Å². The first-order valence-corrected chi connectivity index (χ1v) is 6.09. The zero-order valence-electron chi connectivity index (χ0n) is 11.3. The minimum absolute atomic E-state index is 0.101. The van der Waals surface area contributed by atoms with Crippen LogP contribution >= 0.6 is 0 Å². The molecule has 0 aliphatic heterocycles. The SMILES string of the molecule is COC1CC(Nc2cc(NN)nc(C)n2)C1(C)C. The van der Waals surface area contributed by atoms with E-state index in [4.69, 9.17) is 10.6 Å². The Balaban J connectivity index is 2.09. The van der Waals surface area contributed by atoms with Gasteiger partial charge < -0.3 is 15.5 Å². The molecular weight excluding hydrogens is 230 g/mol. The number of aromatic nitrogens is 2. The van der Waals surface area contributed by atoms with Gasteiger partial charge in [-0.2, -0.15) is 0 Å². The summed E-state index contributed by atoms with van der Waals surface area (Å²) >= 11 is 0. The Hall–Kier alpha value is -1.40. The number of hydrazine groups is 1. The average molecular weight is 251 g/mol. The molecule has 6 heteroatoms. The molecular formula is C12H21N5O. The number of hydrogen-bond donors (Lipinski definition) is 3. The first-order chi connectivity index (χ1) is 8.47. The van der Waals surface area contributed by atoms with Gasteiger partial charge in [0.05, 0.1) is 6.10 Å². The number of anilines is 2. The fraction of sp³-hybridized carbons (Fsp3) is 0.667. The van der Waals surface area contributed by atoms with Crippen molar-refractivity contribution in [2.45, 2.75) is 39.3 Å². The van der Waals surface area contributed by atoms with Crippen LogP contribution in [-0.2, 0) is 4.74 Å². The molecule has 2 unspecified atom stereocenters. The van der Waals surface area contributed by atoms with Crippen molar-refractivity contribution >= 4 is 11.6 Å². The third kappa shape index (κ3) is 2.26. The second kappa shape index (κ2) is 4.70. The van der Waals surface area contributed by atoms with Crippen molar-refractivity contribution in [3.63, 3.8) is 0 Å². The van der Waals surface area contributed by atoms with Crippen LogP contribution < -0.4 is 16.6 Å². The Bertz CT molecular complexity index is 434. The van der Waals surface area contributed by atoms with E-state index in [1.54, 1.807) is 7.11 Å². The lowest BCUT2D eigenvalue weighted by Gasteiger charge is -2.51. The van der Waals surface area contributed by atoms with Crippen molar-refractivity contribution in [3.8, 4) is 0 Å². The second-order valence-corrected chi connectivity index (χ2v) is 5.31. The van der Waals surface area contributed by atoms with Crippen LogP contribution in [0, 0.1) is 12.3 Å². The number of nitrogens with one attached hydrogen (secondary N) is 2. The molecule has 18 heavy (non-hydrogen) atoms. The Morgan fingerprint density at radius 1 is 1.39 bits per heavy atom. The predicted octanol–water partition coefficient (Wildman–Crippen LogP) is 1.30. The van der Waals surface area contributed by atoms with Crippen molar-refractivity contribution in [3.05, 3.63) is 11.9 Å². The summed E-state index contributed by atoms with van der Waals surface area (Å²) in [7, 11) is 1.76. The molecule has 2 rings (SSSR count). The molecule has 0 radical (unpaired) electrons. The molecule has 1 heterocycles. The van der Waals surface area contributed by atoms with Crippen LogP contribution in [-0.4, -0.2) is 29.2 Å². The number of nitrogen functional groups attached to an aromatic ring is 1. The third-order valence-electron chi connectivity index (χ3n) is 3.77. The zero-order chi connectivity index (χ0) is 13.3. The number of ether oxygens (including phenoxy) is 1. The van der Waals surface area contributed by atoms with Crippen LogP contribution in [0.5, 0.6) is 0 Å². The van der Waals surface area contributed by atoms with Gasteiger partial charge in [0.1, 0.15) is 17.5 Å². The quantitative estimate of drug-likeness (QED) is 0.552. The van der Waals surface area contributed by atoms with Gasteiger partial charge >= 0.3 is 0 Å². The monoisotopic (exact) mass is 251 g/mol. The Kier molecular flexibility index (Phi) is 3.41. The number of nitrogens with two attached hydrogens (primary N) is 1. The molecule has 4 N–H and O–H groups in total. The lowest BCUT2D eigenvalue weighted by atomic mass is 9.64. The maximum absolute atomic E-state index is 5.43. The Morgan fingerprint density at radius 2 is 2.06 bits per heavy atom. The standard InChI is InChI=1S/C12H21N5O/c1-7-14-10(6-11(15-7)17-13)16-8-5-9(18-4)12(8,2)3/h6,8-9H,5,13H2,1-4H3,(H2,14,15,16,17). The van der Waals surface area contributed by atoms with E-state index >= 15 is 0 Å². The molecule has 2 atom stereocenters. The van der Waals surface area contributed by atoms with Crippen molar-refractivity contribution in [2.24, 2.45) is 11.3 Å². The van der Waals surface area contributed by atoms with E-state index in [-0.39, 0.29) is 5.41 Å². The van der Waals surface area contributed by atoms with Crippen molar-refractivity contribution in [1.29, 1.82) is 0 Å². The average Bonchev–Trinajstić information content (AvgIpc) is 2.33. The topological polar surface area (TPSA) is 85.1 Å². The summed E-state index contributed by atoms with van der Waals surface area (Å²) in [6.45, 7) is 6.23. The maximum Gasteiger partial charge on any atom is 0.145 e. The summed E-state index contributed by atoms with van der Waals surface area (Å²) < 4.78 is 5.43.